The van der Waals surface area contributed by atoms with Gasteiger partial charge in [-0.1, -0.05) is 0 Å². The normalized spacial score (nSPS) is 12.0. The fourth-order valence-electron chi connectivity index (χ4n) is 0. The summed E-state index contributed by atoms with van der Waals surface area (Å²) in [5, 5.41) is 0. The van der Waals surface area contributed by atoms with Crippen molar-refractivity contribution in [1.82, 2.24) is 0 Å². The molecule has 1 rings (SSSR count). The molecule has 1 aliphatic rings. The van der Waals surface area contributed by atoms with Crippen molar-refractivity contribution in [2.24, 2.45) is 0 Å². The molecule has 6 heavy (non-hydrogen) atoms. The Hall–Kier alpha value is 1.80. The van der Waals surface area contributed by atoms with Crippen molar-refractivity contribution in [3.05, 3.63) is 0 Å². The second-order valence-electron chi connectivity index (χ2n) is 0.612. The van der Waals surface area contributed by atoms with E-state index < -0.39 is 0 Å². The predicted octanol–water partition coefficient (Wildman–Crippen LogP) is -6.36. The molecule has 4 heteroatoms. The number of epoxide rings is 1. The van der Waals surface area contributed by atoms with Crippen molar-refractivity contribution in [3.8, 4) is 0 Å². The van der Waals surface area contributed by atoms with Crippen molar-refractivity contribution in [1.29, 1.82) is 0 Å². The van der Waals surface area contributed by atoms with Gasteiger partial charge in [0.15, 0.2) is 0 Å². The Bertz CT molecular complexity index is 16.3. The van der Waals surface area contributed by atoms with Gasteiger partial charge in [-0.3, -0.25) is 0 Å². The van der Waals surface area contributed by atoms with Gasteiger partial charge in [0, 0.05) is 0 Å². The van der Waals surface area contributed by atoms with Gasteiger partial charge in [-0.05, 0) is 0 Å². The van der Waals surface area contributed by atoms with Gasteiger partial charge >= 0.3 is 37.7 Å². The average molecular weight is 155 g/mol. The van der Waals surface area contributed by atoms with Crippen LogP contribution in [0.2, 0.25) is 0 Å². The van der Waals surface area contributed by atoms with Gasteiger partial charge < -0.3 is 29.6 Å². The topological polar surface area (TPSA) is 12.5 Å². The zero-order valence-electron chi connectivity index (χ0n) is 3.29. The zero-order chi connectivity index (χ0) is 2.12. The average Bonchev–Trinajstić information content (AvgIpc) is 1.46. The fourth-order valence-corrected chi connectivity index (χ4v) is 0. The molecule has 0 amide bonds. The smallest absolute Gasteiger partial charge is 1.00 e. The van der Waals surface area contributed by atoms with Crippen LogP contribution in [0.3, 0.4) is 0 Å². The van der Waals surface area contributed by atoms with Crippen molar-refractivity contribution < 1.29 is 29.6 Å². The fraction of sp³-hybridized carbons (Fsp3) is 1.00. The maximum atomic E-state index is 4.50. The SMILES string of the molecule is C1CO1.[Ca+2].[Cl-].[Cl-]. The standard InChI is InChI=1S/C2H4O.Ca.2ClH/c1-2-3-1;;;/h1-2H2;;2*1H/q;+2;;/p-2. The molecule has 1 nitrogen and oxygen atoms in total. The number of ether oxygens (including phenoxy) is 1. The summed E-state index contributed by atoms with van der Waals surface area (Å²) in [5.41, 5.74) is 0. The molecule has 1 aliphatic heterocycles. The molecule has 0 saturated carbocycles. The van der Waals surface area contributed by atoms with Crippen LogP contribution < -0.4 is 24.8 Å². The van der Waals surface area contributed by atoms with Gasteiger partial charge in [0.25, 0.3) is 0 Å². The minimum Gasteiger partial charge on any atom is -1.00 e. The zero-order valence-corrected chi connectivity index (χ0v) is 7.01. The summed E-state index contributed by atoms with van der Waals surface area (Å²) in [6, 6.07) is 0. The molecular formula is C2H4CaCl2O. The Morgan fingerprint density at radius 3 is 1.17 bits per heavy atom. The van der Waals surface area contributed by atoms with Gasteiger partial charge in [0.2, 0.25) is 0 Å². The molecular weight excluding hydrogens is 151 g/mol. The van der Waals surface area contributed by atoms with Gasteiger partial charge in [-0.2, -0.15) is 0 Å². The summed E-state index contributed by atoms with van der Waals surface area (Å²) < 4.78 is 4.50. The first kappa shape index (κ1) is 15.7. The molecule has 0 N–H and O–H groups in total. The van der Waals surface area contributed by atoms with Crippen LogP contribution in [0.1, 0.15) is 0 Å². The first-order valence-corrected chi connectivity index (χ1v) is 1.08. The van der Waals surface area contributed by atoms with Crippen LogP contribution in [-0.4, -0.2) is 51.0 Å². The molecule has 0 aromatic carbocycles. The number of hydrogen-bond donors (Lipinski definition) is 0. The Morgan fingerprint density at radius 1 is 1.00 bits per heavy atom. The second kappa shape index (κ2) is 9.93. The van der Waals surface area contributed by atoms with Crippen LogP contribution in [0.25, 0.3) is 0 Å². The van der Waals surface area contributed by atoms with Crippen molar-refractivity contribution in [2.45, 2.75) is 0 Å². The molecule has 0 aliphatic carbocycles. The van der Waals surface area contributed by atoms with E-state index in [1.165, 1.54) is 0 Å². The minimum absolute atomic E-state index is 0. The molecule has 0 spiro atoms. The maximum Gasteiger partial charge on any atom is 2.00 e. The number of halogens is 2. The second-order valence-corrected chi connectivity index (χ2v) is 0.612. The quantitative estimate of drug-likeness (QED) is 0.250. The van der Waals surface area contributed by atoms with Crippen LogP contribution in [0.15, 0.2) is 0 Å². The van der Waals surface area contributed by atoms with Gasteiger partial charge in [0.05, 0.1) is 13.2 Å². The number of hydrogen-bond acceptors (Lipinski definition) is 1. The number of rotatable bonds is 0. The van der Waals surface area contributed by atoms with Gasteiger partial charge in [0.1, 0.15) is 0 Å². The van der Waals surface area contributed by atoms with Crippen LogP contribution in [0.5, 0.6) is 0 Å². The summed E-state index contributed by atoms with van der Waals surface area (Å²) >= 11 is 0. The monoisotopic (exact) mass is 154 g/mol. The summed E-state index contributed by atoms with van der Waals surface area (Å²) in [6.07, 6.45) is 0. The molecule has 1 saturated heterocycles. The van der Waals surface area contributed by atoms with Crippen molar-refractivity contribution in [2.75, 3.05) is 13.2 Å². The molecule has 0 bridgehead atoms. The third kappa shape index (κ3) is 17.0. The third-order valence-electron chi connectivity index (χ3n) is 0.204. The first-order valence-electron chi connectivity index (χ1n) is 1.08. The summed E-state index contributed by atoms with van der Waals surface area (Å²) in [6.45, 7) is 2.00. The van der Waals surface area contributed by atoms with Crippen LogP contribution in [-0.2, 0) is 4.74 Å². The Kier molecular flexibility index (Phi) is 25.9. The minimum atomic E-state index is 0. The van der Waals surface area contributed by atoms with E-state index in [-0.39, 0.29) is 62.6 Å². The van der Waals surface area contributed by atoms with Crippen molar-refractivity contribution >= 4 is 37.7 Å². The van der Waals surface area contributed by atoms with Crippen molar-refractivity contribution in [3.63, 3.8) is 0 Å². The van der Waals surface area contributed by atoms with Crippen LogP contribution in [0, 0.1) is 0 Å². The molecule has 0 atom stereocenters. The van der Waals surface area contributed by atoms with E-state index in [2.05, 4.69) is 4.74 Å². The van der Waals surface area contributed by atoms with Gasteiger partial charge in [-0.25, -0.2) is 0 Å². The molecule has 1 heterocycles. The summed E-state index contributed by atoms with van der Waals surface area (Å²) in [5.74, 6) is 0. The largest absolute Gasteiger partial charge is 2.00 e. The molecule has 1 fully saturated rings. The van der Waals surface area contributed by atoms with Crippen LogP contribution >= 0.6 is 0 Å². The molecule has 34 valence electrons. The molecule has 0 aromatic rings. The van der Waals surface area contributed by atoms with E-state index in [0.717, 1.165) is 13.2 Å². The Balaban J connectivity index is -0.0000000300. The third-order valence-corrected chi connectivity index (χ3v) is 0.204. The van der Waals surface area contributed by atoms with E-state index in [9.17, 15) is 0 Å². The van der Waals surface area contributed by atoms with E-state index in [4.69, 9.17) is 0 Å². The van der Waals surface area contributed by atoms with E-state index >= 15 is 0 Å². The molecule has 0 radical (unpaired) electrons. The van der Waals surface area contributed by atoms with E-state index in [1.807, 2.05) is 0 Å². The van der Waals surface area contributed by atoms with E-state index in [1.54, 1.807) is 0 Å². The van der Waals surface area contributed by atoms with E-state index in [0.29, 0.717) is 0 Å². The summed E-state index contributed by atoms with van der Waals surface area (Å²) in [4.78, 5) is 0. The first-order chi connectivity index (χ1) is 1.50. The molecule has 0 aromatic heterocycles. The maximum absolute atomic E-state index is 4.50. The Morgan fingerprint density at radius 2 is 1.17 bits per heavy atom. The van der Waals surface area contributed by atoms with Crippen LogP contribution in [0.4, 0.5) is 0 Å². The summed E-state index contributed by atoms with van der Waals surface area (Å²) in [7, 11) is 0. The predicted molar refractivity (Wildman–Crippen MR) is 16.6 cm³/mol. The van der Waals surface area contributed by atoms with Gasteiger partial charge in [-0.15, -0.1) is 0 Å². The molecule has 0 unspecified atom stereocenters. The Labute approximate surface area is 79.6 Å².